The van der Waals surface area contributed by atoms with Crippen molar-refractivity contribution in [2.75, 3.05) is 4.23 Å². The second-order valence-electron chi connectivity index (χ2n) is 8.41. The smallest absolute Gasteiger partial charge is 0.341 e. The van der Waals surface area contributed by atoms with Crippen LogP contribution in [0.4, 0.5) is 5.82 Å². The summed E-state index contributed by atoms with van der Waals surface area (Å²) in [7, 11) is -5.14. The predicted octanol–water partition coefficient (Wildman–Crippen LogP) is 4.06. The van der Waals surface area contributed by atoms with Crippen molar-refractivity contribution >= 4 is 42.1 Å². The van der Waals surface area contributed by atoms with Gasteiger partial charge in [0.2, 0.25) is 0 Å². The van der Waals surface area contributed by atoms with Gasteiger partial charge in [0.05, 0.1) is 5.02 Å². The fraction of sp³-hybridized carbons (Fsp3) is 0.692. The van der Waals surface area contributed by atoms with Crippen LogP contribution in [-0.4, -0.2) is 33.9 Å². The Morgan fingerprint density at radius 2 is 1.43 bits per heavy atom. The molecule has 21 heavy (non-hydrogen) atoms. The molecule has 0 saturated carbocycles. The van der Waals surface area contributed by atoms with Crippen molar-refractivity contribution in [2.24, 2.45) is 0 Å². The quantitative estimate of drug-likeness (QED) is 0.759. The lowest BCUT2D eigenvalue weighted by Crippen LogP contribution is -2.60. The summed E-state index contributed by atoms with van der Waals surface area (Å²) in [5.41, 5.74) is -0.171. The molecule has 1 heterocycles. The summed E-state index contributed by atoms with van der Waals surface area (Å²) >= 11 is 6.52. The summed E-state index contributed by atoms with van der Waals surface area (Å²) in [6.45, 7) is 20.0. The monoisotopic (exact) mass is 361 g/mol. The molecule has 1 rings (SSSR count). The van der Waals surface area contributed by atoms with E-state index in [0.717, 1.165) is 0 Å². The highest BCUT2D eigenvalue weighted by molar-refractivity contribution is 6.99. The van der Waals surface area contributed by atoms with Crippen LogP contribution in [0, 0.1) is 0 Å². The van der Waals surface area contributed by atoms with Crippen molar-refractivity contribution in [1.29, 1.82) is 0 Å². The van der Waals surface area contributed by atoms with Crippen molar-refractivity contribution < 1.29 is 0 Å². The van der Waals surface area contributed by atoms with Crippen LogP contribution in [-0.2, 0) is 0 Å². The van der Waals surface area contributed by atoms with Gasteiger partial charge < -0.3 is 8.46 Å². The third-order valence-electron chi connectivity index (χ3n) is 3.14. The Labute approximate surface area is 136 Å². The molecule has 0 radical (unpaired) electrons. The summed E-state index contributed by atoms with van der Waals surface area (Å²) in [6, 6.07) is 0. The average molecular weight is 362 g/mol. The Hall–Kier alpha value is -0.379. The van der Waals surface area contributed by atoms with Gasteiger partial charge in [0, 0.05) is 6.20 Å². The van der Waals surface area contributed by atoms with Gasteiger partial charge in [0.25, 0.3) is 0 Å². The minimum Gasteiger partial charge on any atom is -0.408 e. The highest BCUT2D eigenvalue weighted by Crippen LogP contribution is 2.31. The van der Waals surface area contributed by atoms with Gasteiger partial charge in [0.1, 0.15) is 22.3 Å². The van der Waals surface area contributed by atoms with Crippen molar-refractivity contribution in [1.82, 2.24) is 9.22 Å². The molecule has 1 aromatic rings. The summed E-state index contributed by atoms with van der Waals surface area (Å²) in [5.74, 6) is 0.689. The van der Waals surface area contributed by atoms with E-state index in [4.69, 9.17) is 11.6 Å². The van der Waals surface area contributed by atoms with Crippen molar-refractivity contribution in [3.05, 3.63) is 21.7 Å². The Kier molecular flexibility index (Phi) is 5.05. The highest BCUT2D eigenvalue weighted by Gasteiger charge is 2.37. The first-order chi connectivity index (χ1) is 9.15. The van der Waals surface area contributed by atoms with Gasteiger partial charge in [-0.05, 0) is 0 Å². The number of halogens is 1. The Morgan fingerprint density at radius 1 is 1.00 bits per heavy atom. The molecule has 0 bridgehead atoms. The van der Waals surface area contributed by atoms with E-state index in [1.165, 1.54) is 0 Å². The maximum absolute atomic E-state index is 12.4. The summed E-state index contributed by atoms with van der Waals surface area (Å²) < 4.78 is 4.13. The number of nitrogens with zero attached hydrogens (tertiary/aromatic N) is 3. The fourth-order valence-electron chi connectivity index (χ4n) is 2.70. The lowest BCUT2D eigenvalue weighted by atomic mass is 10.6. The zero-order valence-electron chi connectivity index (χ0n) is 14.7. The molecule has 0 amide bonds. The Balaban J connectivity index is 3.58. The highest BCUT2D eigenvalue weighted by atomic mass is 35.5. The molecule has 1 aromatic heterocycles. The predicted molar refractivity (Wildman–Crippen MR) is 101 cm³/mol. The third-order valence-corrected chi connectivity index (χ3v) is 12.3. The van der Waals surface area contributed by atoms with Gasteiger partial charge >= 0.3 is 5.69 Å². The molecule has 0 unspecified atom stereocenters. The summed E-state index contributed by atoms with van der Waals surface area (Å²) in [4.78, 5) is 16.8. The minimum atomic E-state index is -1.80. The second kappa shape index (κ2) is 5.68. The second-order valence-corrected chi connectivity index (χ2v) is 23.7. The average Bonchev–Trinajstić information content (AvgIpc) is 2.16. The van der Waals surface area contributed by atoms with Gasteiger partial charge in [-0.1, -0.05) is 70.5 Å². The standard InChI is InChI=1S/C13H28ClN3OSi3/c1-19(2,3)16-10-11(14)12(15-13(16)18)17(20(4,5)6)21(7,8)9/h10H,1-9H3. The number of rotatable bonds is 4. The largest absolute Gasteiger partial charge is 0.408 e. The van der Waals surface area contributed by atoms with E-state index in [0.29, 0.717) is 10.8 Å². The molecule has 0 saturated heterocycles. The lowest BCUT2D eigenvalue weighted by Gasteiger charge is -2.45. The van der Waals surface area contributed by atoms with Crippen LogP contribution in [0.5, 0.6) is 0 Å². The summed E-state index contributed by atoms with van der Waals surface area (Å²) in [6.07, 6.45) is 1.80. The normalized spacial score (nSPS) is 13.4. The maximum Gasteiger partial charge on any atom is 0.341 e. The van der Waals surface area contributed by atoms with Gasteiger partial charge in [-0.15, -0.1) is 0 Å². The summed E-state index contributed by atoms with van der Waals surface area (Å²) in [5, 5.41) is 0.599. The molecule has 0 aliphatic rings. The van der Waals surface area contributed by atoms with Crippen molar-refractivity contribution in [2.45, 2.75) is 58.9 Å². The molecular formula is C13H28ClN3OSi3. The third kappa shape index (κ3) is 4.30. The van der Waals surface area contributed by atoms with Crippen LogP contribution in [0.25, 0.3) is 0 Å². The van der Waals surface area contributed by atoms with Gasteiger partial charge in [0.15, 0.2) is 8.24 Å². The first-order valence-corrected chi connectivity index (χ1v) is 18.0. The fourth-order valence-corrected chi connectivity index (χ4v) is 14.0. The lowest BCUT2D eigenvalue weighted by molar-refractivity contribution is 0.956. The number of hydrogen-bond donors (Lipinski definition) is 0. The van der Waals surface area contributed by atoms with E-state index < -0.39 is 24.7 Å². The van der Waals surface area contributed by atoms with Crippen LogP contribution in [0.1, 0.15) is 0 Å². The first kappa shape index (κ1) is 18.7. The Bertz CT molecular complexity index is 568. The van der Waals surface area contributed by atoms with Crippen molar-refractivity contribution in [3.63, 3.8) is 0 Å². The zero-order valence-corrected chi connectivity index (χ0v) is 18.5. The SMILES string of the molecule is C[Si](C)(C)N(c1nc(=O)n([Si](C)(C)C)cc1Cl)[Si](C)(C)C. The van der Waals surface area contributed by atoms with Gasteiger partial charge in [-0.25, -0.2) is 4.79 Å². The van der Waals surface area contributed by atoms with Crippen LogP contribution < -0.4 is 9.92 Å². The van der Waals surface area contributed by atoms with Crippen molar-refractivity contribution in [3.8, 4) is 0 Å². The molecule has 0 N–H and O–H groups in total. The van der Waals surface area contributed by atoms with E-state index >= 15 is 0 Å². The maximum atomic E-state index is 12.4. The van der Waals surface area contributed by atoms with E-state index in [-0.39, 0.29) is 5.69 Å². The van der Waals surface area contributed by atoms with Gasteiger partial charge in [-0.3, -0.25) is 0 Å². The number of aromatic nitrogens is 2. The Morgan fingerprint density at radius 3 is 1.76 bits per heavy atom. The van der Waals surface area contributed by atoms with Gasteiger partial charge in [-0.2, -0.15) is 4.98 Å². The molecule has 0 aromatic carbocycles. The molecule has 0 atom stereocenters. The molecular weight excluding hydrogens is 334 g/mol. The van der Waals surface area contributed by atoms with Crippen LogP contribution in [0.15, 0.2) is 11.0 Å². The molecule has 0 spiro atoms. The van der Waals surface area contributed by atoms with Crippen LogP contribution >= 0.6 is 11.6 Å². The van der Waals surface area contributed by atoms with E-state index in [1.807, 2.05) is 0 Å². The molecule has 0 aliphatic heterocycles. The zero-order chi connectivity index (χ0) is 16.8. The molecule has 0 aliphatic carbocycles. The van der Waals surface area contributed by atoms with Crippen LogP contribution in [0.2, 0.25) is 63.9 Å². The number of anilines is 1. The van der Waals surface area contributed by atoms with E-state index in [2.05, 4.69) is 68.1 Å². The topological polar surface area (TPSA) is 38.1 Å². The van der Waals surface area contributed by atoms with E-state index in [1.54, 1.807) is 10.4 Å². The minimum absolute atomic E-state index is 0.171. The molecule has 8 heteroatoms. The van der Waals surface area contributed by atoms with E-state index in [9.17, 15) is 4.79 Å². The first-order valence-electron chi connectivity index (χ1n) is 7.26. The molecule has 120 valence electrons. The van der Waals surface area contributed by atoms with Crippen LogP contribution in [0.3, 0.4) is 0 Å². The molecule has 0 fully saturated rings. The number of hydrogen-bond acceptors (Lipinski definition) is 3. The molecule has 4 nitrogen and oxygen atoms in total.